The highest BCUT2D eigenvalue weighted by molar-refractivity contribution is 9.10. The van der Waals surface area contributed by atoms with Gasteiger partial charge in [-0.05, 0) is 35.8 Å². The quantitative estimate of drug-likeness (QED) is 0.762. The molecule has 0 fully saturated rings. The Balaban J connectivity index is 2.42. The van der Waals surface area contributed by atoms with Crippen LogP contribution in [0.1, 0.15) is 12.5 Å². The molecule has 1 aromatic heterocycles. The Kier molecular flexibility index (Phi) is 4.90. The Morgan fingerprint density at radius 2 is 2.21 bits per heavy atom. The van der Waals surface area contributed by atoms with E-state index in [9.17, 15) is 0 Å². The van der Waals surface area contributed by atoms with Crippen molar-refractivity contribution >= 4 is 15.9 Å². The zero-order chi connectivity index (χ0) is 10.4. The molecule has 0 unspecified atom stereocenters. The van der Waals surface area contributed by atoms with Crippen molar-refractivity contribution in [1.82, 2.24) is 4.98 Å². The first-order chi connectivity index (χ1) is 6.74. The van der Waals surface area contributed by atoms with E-state index in [1.165, 1.54) is 0 Å². The van der Waals surface area contributed by atoms with Crippen LogP contribution in [0, 0.1) is 6.92 Å². The highest BCUT2D eigenvalue weighted by Gasteiger charge is 2.00. The number of aryl methyl sites for hydroxylation is 1. The predicted octanol–water partition coefficient (Wildman–Crippen LogP) is 2.57. The molecule has 3 nitrogen and oxygen atoms in total. The molecule has 0 amide bonds. The lowest BCUT2D eigenvalue weighted by Gasteiger charge is -2.07. The molecule has 1 aromatic rings. The van der Waals surface area contributed by atoms with Crippen molar-refractivity contribution in [2.24, 2.45) is 0 Å². The number of nitrogens with zero attached hydrogens (tertiary/aromatic N) is 1. The second-order valence-corrected chi connectivity index (χ2v) is 3.74. The van der Waals surface area contributed by atoms with Crippen LogP contribution in [0.15, 0.2) is 16.7 Å². The Morgan fingerprint density at radius 1 is 1.43 bits per heavy atom. The van der Waals surface area contributed by atoms with Gasteiger partial charge in [-0.1, -0.05) is 0 Å². The van der Waals surface area contributed by atoms with Gasteiger partial charge in [-0.15, -0.1) is 0 Å². The van der Waals surface area contributed by atoms with Gasteiger partial charge in [0.05, 0.1) is 6.61 Å². The number of ether oxygens (including phenoxy) is 2. The fourth-order valence-corrected chi connectivity index (χ4v) is 1.47. The molecule has 0 atom stereocenters. The molecule has 0 saturated heterocycles. The summed E-state index contributed by atoms with van der Waals surface area (Å²) in [5.41, 5.74) is 1.02. The molecule has 0 spiro atoms. The molecule has 1 rings (SSSR count). The summed E-state index contributed by atoms with van der Waals surface area (Å²) in [7, 11) is 0. The summed E-state index contributed by atoms with van der Waals surface area (Å²) in [6, 6.07) is 1.98. The van der Waals surface area contributed by atoms with E-state index < -0.39 is 0 Å². The molecule has 0 saturated carbocycles. The van der Waals surface area contributed by atoms with Gasteiger partial charge in [-0.3, -0.25) is 0 Å². The van der Waals surface area contributed by atoms with Gasteiger partial charge in [0.25, 0.3) is 0 Å². The van der Waals surface area contributed by atoms with Crippen LogP contribution in [0.2, 0.25) is 0 Å². The minimum Gasteiger partial charge on any atom is -0.475 e. The molecule has 0 aromatic carbocycles. The van der Waals surface area contributed by atoms with Crippen molar-refractivity contribution in [2.45, 2.75) is 13.8 Å². The van der Waals surface area contributed by atoms with Gasteiger partial charge in [-0.25, -0.2) is 4.98 Å². The summed E-state index contributed by atoms with van der Waals surface area (Å²) >= 11 is 3.35. The third kappa shape index (κ3) is 3.64. The predicted molar refractivity (Wildman–Crippen MR) is 58.7 cm³/mol. The van der Waals surface area contributed by atoms with Crippen LogP contribution >= 0.6 is 15.9 Å². The lowest BCUT2D eigenvalue weighted by Crippen LogP contribution is -2.07. The maximum Gasteiger partial charge on any atom is 0.216 e. The first-order valence-corrected chi connectivity index (χ1v) is 5.36. The number of aromatic nitrogens is 1. The van der Waals surface area contributed by atoms with Crippen molar-refractivity contribution < 1.29 is 9.47 Å². The van der Waals surface area contributed by atoms with E-state index in [-0.39, 0.29) is 0 Å². The minimum atomic E-state index is 0.545. The van der Waals surface area contributed by atoms with Crippen molar-refractivity contribution in [2.75, 3.05) is 19.8 Å². The Labute approximate surface area is 92.6 Å². The molecule has 0 radical (unpaired) electrons. The van der Waals surface area contributed by atoms with E-state index in [0.29, 0.717) is 19.1 Å². The molecular formula is C10H14BrNO2. The van der Waals surface area contributed by atoms with E-state index in [0.717, 1.165) is 16.6 Å². The molecule has 0 aliphatic carbocycles. The summed E-state index contributed by atoms with van der Waals surface area (Å²) in [4.78, 5) is 4.15. The van der Waals surface area contributed by atoms with Crippen molar-refractivity contribution in [3.8, 4) is 5.88 Å². The van der Waals surface area contributed by atoms with Crippen LogP contribution in [0.4, 0.5) is 0 Å². The van der Waals surface area contributed by atoms with E-state index in [2.05, 4.69) is 20.9 Å². The lowest BCUT2D eigenvalue weighted by atomic mass is 10.3. The zero-order valence-corrected chi connectivity index (χ0v) is 10.0. The summed E-state index contributed by atoms with van der Waals surface area (Å²) in [6.07, 6.45) is 1.73. The fourth-order valence-electron chi connectivity index (χ4n) is 1.02. The molecular weight excluding hydrogens is 246 g/mol. The average Bonchev–Trinajstić information content (AvgIpc) is 2.15. The normalized spacial score (nSPS) is 10.2. The van der Waals surface area contributed by atoms with Crippen molar-refractivity contribution in [3.05, 3.63) is 22.3 Å². The molecule has 0 aliphatic heterocycles. The van der Waals surface area contributed by atoms with Crippen LogP contribution < -0.4 is 4.74 Å². The summed E-state index contributed by atoms with van der Waals surface area (Å²) in [5.74, 6) is 0.674. The summed E-state index contributed by atoms with van der Waals surface area (Å²) in [6.45, 7) is 5.80. The van der Waals surface area contributed by atoms with Crippen molar-refractivity contribution in [1.29, 1.82) is 0 Å². The molecule has 0 bridgehead atoms. The number of halogens is 1. The monoisotopic (exact) mass is 259 g/mol. The third-order valence-electron chi connectivity index (χ3n) is 1.67. The summed E-state index contributed by atoms with van der Waals surface area (Å²) in [5, 5.41) is 0. The summed E-state index contributed by atoms with van der Waals surface area (Å²) < 4.78 is 11.6. The van der Waals surface area contributed by atoms with Crippen LogP contribution in [0.3, 0.4) is 0 Å². The maximum atomic E-state index is 5.44. The molecule has 4 heteroatoms. The van der Waals surface area contributed by atoms with Crippen LogP contribution in [-0.4, -0.2) is 24.8 Å². The number of rotatable bonds is 5. The molecule has 0 aliphatic rings. The second-order valence-electron chi connectivity index (χ2n) is 2.82. The van der Waals surface area contributed by atoms with Gasteiger partial charge in [-0.2, -0.15) is 0 Å². The number of pyridine rings is 1. The first kappa shape index (κ1) is 11.5. The Hall–Kier alpha value is -0.610. The van der Waals surface area contributed by atoms with E-state index in [4.69, 9.17) is 9.47 Å². The van der Waals surface area contributed by atoms with Gasteiger partial charge < -0.3 is 9.47 Å². The fraction of sp³-hybridized carbons (Fsp3) is 0.500. The number of hydrogen-bond donors (Lipinski definition) is 0. The standard InChI is InChI=1S/C10H14BrNO2/c1-3-13-4-5-14-10-8(2)6-9(11)7-12-10/h6-7H,3-5H2,1-2H3. The van der Waals surface area contributed by atoms with E-state index in [1.54, 1.807) is 6.20 Å². The largest absolute Gasteiger partial charge is 0.475 e. The number of hydrogen-bond acceptors (Lipinski definition) is 3. The van der Waals surface area contributed by atoms with Crippen LogP contribution in [0.5, 0.6) is 5.88 Å². The Bertz CT molecular complexity index is 291. The highest BCUT2D eigenvalue weighted by Crippen LogP contribution is 2.18. The molecule has 1 heterocycles. The van der Waals surface area contributed by atoms with Gasteiger partial charge in [0.15, 0.2) is 0 Å². The molecule has 78 valence electrons. The van der Waals surface area contributed by atoms with Gasteiger partial charge in [0, 0.05) is 22.8 Å². The van der Waals surface area contributed by atoms with E-state index in [1.807, 2.05) is 19.9 Å². The van der Waals surface area contributed by atoms with Crippen LogP contribution in [-0.2, 0) is 4.74 Å². The highest BCUT2D eigenvalue weighted by atomic mass is 79.9. The van der Waals surface area contributed by atoms with Crippen molar-refractivity contribution in [3.63, 3.8) is 0 Å². The third-order valence-corrected chi connectivity index (χ3v) is 2.10. The Morgan fingerprint density at radius 3 is 2.86 bits per heavy atom. The zero-order valence-electron chi connectivity index (χ0n) is 8.42. The smallest absolute Gasteiger partial charge is 0.216 e. The molecule has 14 heavy (non-hydrogen) atoms. The first-order valence-electron chi connectivity index (χ1n) is 4.56. The minimum absolute atomic E-state index is 0.545. The average molecular weight is 260 g/mol. The molecule has 0 N–H and O–H groups in total. The van der Waals surface area contributed by atoms with E-state index >= 15 is 0 Å². The topological polar surface area (TPSA) is 31.4 Å². The van der Waals surface area contributed by atoms with Crippen LogP contribution in [0.25, 0.3) is 0 Å². The second kappa shape index (κ2) is 5.98. The van der Waals surface area contributed by atoms with Gasteiger partial charge >= 0.3 is 0 Å². The van der Waals surface area contributed by atoms with Gasteiger partial charge in [0.2, 0.25) is 5.88 Å². The SMILES string of the molecule is CCOCCOc1ncc(Br)cc1C. The van der Waals surface area contributed by atoms with Gasteiger partial charge in [0.1, 0.15) is 6.61 Å². The maximum absolute atomic E-state index is 5.44. The lowest BCUT2D eigenvalue weighted by molar-refractivity contribution is 0.108.